The molecule has 61 heavy (non-hydrogen) atoms. The summed E-state index contributed by atoms with van der Waals surface area (Å²) in [5.41, 5.74) is 3.41. The molecule has 0 bridgehead atoms. The molecule has 3 heterocycles. The van der Waals surface area contributed by atoms with Gasteiger partial charge < -0.3 is 58.5 Å². The fourth-order valence-corrected chi connectivity index (χ4v) is 7.20. The van der Waals surface area contributed by atoms with Crippen LogP contribution in [-0.2, 0) is 41.6 Å². The molecule has 0 aromatic heterocycles. The normalized spacial score (nSPS) is 22.0. The highest BCUT2D eigenvalue weighted by Gasteiger charge is 2.48. The zero-order valence-electron chi connectivity index (χ0n) is 33.9. The monoisotopic (exact) mass is 844 g/mol. The molecule has 324 valence electrons. The number of carbonyl (C=O) groups is 4. The predicted octanol–water partition coefficient (Wildman–Crippen LogP) is 3.04. The minimum absolute atomic E-state index is 0.00617. The average Bonchev–Trinajstić information content (AvgIpc) is 3.69. The molecule has 0 spiro atoms. The molecule has 1 fully saturated rings. The topological polar surface area (TPSA) is 220 Å². The molecule has 0 aliphatic carbocycles. The SMILES string of the molecule is C#CCOc1cc(O[C@@H]2O[C@H](C(=O)O)[C@@H](O)[C@H](O)[C@H]2O)ccc1COC(=O)CCCc1cc2c(cc1OC)C(=O)N1C=C(c3ccc(OC)cc3)CC1C(=O)N2COCCC. The second kappa shape index (κ2) is 19.9. The van der Waals surface area contributed by atoms with Gasteiger partial charge in [-0.05, 0) is 72.4 Å². The second-order valence-corrected chi connectivity index (χ2v) is 14.4. The number of methoxy groups -OCH3 is 2. The number of carboxylic acids is 1. The van der Waals surface area contributed by atoms with E-state index in [1.54, 1.807) is 25.4 Å². The van der Waals surface area contributed by atoms with Crippen molar-refractivity contribution >= 4 is 35.0 Å². The molecule has 1 saturated heterocycles. The van der Waals surface area contributed by atoms with Crippen LogP contribution >= 0.6 is 0 Å². The third kappa shape index (κ3) is 9.91. The molecule has 4 N–H and O–H groups in total. The Morgan fingerprint density at radius 3 is 2.38 bits per heavy atom. The summed E-state index contributed by atoms with van der Waals surface area (Å²) < 4.78 is 38.8. The number of fused-ring (bicyclic) bond motifs is 2. The summed E-state index contributed by atoms with van der Waals surface area (Å²) in [6, 6.07) is 14.3. The maximum atomic E-state index is 14.3. The van der Waals surface area contributed by atoms with Gasteiger partial charge in [-0.1, -0.05) is 25.0 Å². The fourth-order valence-electron chi connectivity index (χ4n) is 7.20. The van der Waals surface area contributed by atoms with Crippen LogP contribution in [0.15, 0.2) is 60.8 Å². The predicted molar refractivity (Wildman–Crippen MR) is 216 cm³/mol. The van der Waals surface area contributed by atoms with Gasteiger partial charge in [0.25, 0.3) is 11.8 Å². The van der Waals surface area contributed by atoms with E-state index in [1.807, 2.05) is 31.2 Å². The molecule has 6 atom stereocenters. The number of amides is 2. The van der Waals surface area contributed by atoms with E-state index in [0.29, 0.717) is 54.2 Å². The van der Waals surface area contributed by atoms with Gasteiger partial charge >= 0.3 is 11.9 Å². The summed E-state index contributed by atoms with van der Waals surface area (Å²) in [6.07, 6.45) is -0.270. The van der Waals surface area contributed by atoms with Crippen LogP contribution in [0.4, 0.5) is 5.69 Å². The summed E-state index contributed by atoms with van der Waals surface area (Å²) in [4.78, 5) is 55.9. The number of aryl methyl sites for hydroxylation is 1. The van der Waals surface area contributed by atoms with Crippen LogP contribution in [0.3, 0.4) is 0 Å². The summed E-state index contributed by atoms with van der Waals surface area (Å²) in [5, 5.41) is 39.8. The number of benzene rings is 3. The van der Waals surface area contributed by atoms with Crippen molar-refractivity contribution in [3.05, 3.63) is 83.1 Å². The maximum absolute atomic E-state index is 14.3. The second-order valence-electron chi connectivity index (χ2n) is 14.4. The third-order valence-electron chi connectivity index (χ3n) is 10.4. The van der Waals surface area contributed by atoms with Gasteiger partial charge in [0, 0.05) is 37.3 Å². The maximum Gasteiger partial charge on any atom is 0.335 e. The Bertz CT molecular complexity index is 2170. The van der Waals surface area contributed by atoms with E-state index >= 15 is 0 Å². The number of aliphatic hydroxyl groups excluding tert-OH is 3. The van der Waals surface area contributed by atoms with Gasteiger partial charge in [0.1, 0.15) is 67.3 Å². The Hall–Kier alpha value is -6.16. The van der Waals surface area contributed by atoms with Crippen molar-refractivity contribution in [3.63, 3.8) is 0 Å². The van der Waals surface area contributed by atoms with Crippen molar-refractivity contribution in [2.45, 2.75) is 82.4 Å². The van der Waals surface area contributed by atoms with Crippen LogP contribution in [0.25, 0.3) is 5.57 Å². The Kier molecular flexibility index (Phi) is 14.5. The molecule has 1 unspecified atom stereocenters. The number of terminal acetylenes is 1. The van der Waals surface area contributed by atoms with Crippen LogP contribution in [0.2, 0.25) is 0 Å². The van der Waals surface area contributed by atoms with Crippen molar-refractivity contribution in [1.29, 1.82) is 0 Å². The first kappa shape index (κ1) is 44.4. The molecule has 3 aliphatic rings. The molecule has 0 radical (unpaired) electrons. The van der Waals surface area contributed by atoms with Crippen molar-refractivity contribution in [2.24, 2.45) is 0 Å². The third-order valence-corrected chi connectivity index (χ3v) is 10.4. The molecule has 3 aromatic rings. The number of hydrogen-bond donors (Lipinski definition) is 4. The molecule has 3 aliphatic heterocycles. The van der Waals surface area contributed by atoms with Gasteiger partial charge in [-0.25, -0.2) is 4.79 Å². The molecule has 3 aromatic carbocycles. The number of anilines is 1. The summed E-state index contributed by atoms with van der Waals surface area (Å²) in [7, 11) is 3.06. The number of aliphatic carboxylic acids is 1. The molecular formula is C44H48N2O15. The van der Waals surface area contributed by atoms with E-state index < -0.39 is 48.7 Å². The highest BCUT2D eigenvalue weighted by Crippen LogP contribution is 2.40. The van der Waals surface area contributed by atoms with Crippen LogP contribution in [0, 0.1) is 12.3 Å². The lowest BCUT2D eigenvalue weighted by Crippen LogP contribution is -2.61. The van der Waals surface area contributed by atoms with Crippen molar-refractivity contribution in [3.8, 4) is 35.3 Å². The summed E-state index contributed by atoms with van der Waals surface area (Å²) in [5.74, 6) is 0.860. The van der Waals surface area contributed by atoms with Crippen LogP contribution in [0.5, 0.6) is 23.0 Å². The average molecular weight is 845 g/mol. The first-order valence-electron chi connectivity index (χ1n) is 19.6. The minimum Gasteiger partial charge on any atom is -0.497 e. The molecule has 0 saturated carbocycles. The molecule has 17 nitrogen and oxygen atoms in total. The Morgan fingerprint density at radius 2 is 1.69 bits per heavy atom. The Labute approximate surface area is 351 Å². The first-order valence-corrected chi connectivity index (χ1v) is 19.6. The van der Waals surface area contributed by atoms with Gasteiger partial charge in [-0.3, -0.25) is 19.3 Å². The van der Waals surface area contributed by atoms with Gasteiger partial charge in [0.2, 0.25) is 6.29 Å². The number of ether oxygens (including phenoxy) is 7. The molecule has 17 heteroatoms. The van der Waals surface area contributed by atoms with Crippen molar-refractivity contribution < 1.29 is 72.8 Å². The standard InChI is InChI=1S/C44H48N2O15/c1-5-16-57-24-46-32-18-26(34(56-4)21-31(32)41(51)45-22-28(19-33(45)42(46)52)25-10-13-29(55-3)14-11-25)8-7-9-36(47)59-23-27-12-15-30(20-35(27)58-17-6-2)60-44-39(50)37(48)38(49)40(61-44)43(53)54/h2,10-15,18,20-22,33,37-40,44,48-50H,5,7-9,16-17,19,23-24H2,1,3-4H3,(H,53,54)/t33?,37-,38-,39+,40-,44+/m0/s1. The van der Waals surface area contributed by atoms with Crippen LogP contribution in [0.1, 0.15) is 59.7 Å². The van der Waals surface area contributed by atoms with E-state index in [2.05, 4.69) is 5.92 Å². The number of aliphatic hydroxyl groups is 3. The number of esters is 1. The van der Waals surface area contributed by atoms with Gasteiger partial charge in [-0.15, -0.1) is 6.42 Å². The van der Waals surface area contributed by atoms with Crippen LogP contribution < -0.4 is 23.8 Å². The zero-order valence-corrected chi connectivity index (χ0v) is 33.9. The highest BCUT2D eigenvalue weighted by molar-refractivity contribution is 6.13. The van der Waals surface area contributed by atoms with Crippen molar-refractivity contribution in [1.82, 2.24) is 4.90 Å². The zero-order chi connectivity index (χ0) is 43.8. The Balaban J connectivity index is 1.13. The Morgan fingerprint density at radius 1 is 0.934 bits per heavy atom. The number of rotatable bonds is 18. The van der Waals surface area contributed by atoms with E-state index in [1.165, 1.54) is 35.1 Å². The number of carboxylic acid groups (broad SMARTS) is 1. The summed E-state index contributed by atoms with van der Waals surface area (Å²) in [6.45, 7) is 1.91. The lowest BCUT2D eigenvalue weighted by atomic mass is 9.99. The van der Waals surface area contributed by atoms with Gasteiger partial charge in [-0.2, -0.15) is 0 Å². The lowest BCUT2D eigenvalue weighted by molar-refractivity contribution is -0.271. The smallest absolute Gasteiger partial charge is 0.335 e. The minimum atomic E-state index is -1.89. The lowest BCUT2D eigenvalue weighted by Gasteiger charge is -2.38. The highest BCUT2D eigenvalue weighted by atomic mass is 16.7. The molecule has 2 amide bonds. The number of nitrogens with zero attached hydrogens (tertiary/aromatic N) is 2. The van der Waals surface area contributed by atoms with E-state index in [0.717, 1.165) is 17.6 Å². The summed E-state index contributed by atoms with van der Waals surface area (Å²) >= 11 is 0. The number of carbonyl (C=O) groups excluding carboxylic acids is 3. The quantitative estimate of drug-likeness (QED) is 0.0822. The van der Waals surface area contributed by atoms with Gasteiger partial charge in [0.15, 0.2) is 6.10 Å². The van der Waals surface area contributed by atoms with E-state index in [-0.39, 0.29) is 55.2 Å². The van der Waals surface area contributed by atoms with Crippen LogP contribution in [-0.4, -0.2) is 120 Å². The van der Waals surface area contributed by atoms with Crippen molar-refractivity contribution in [2.75, 3.05) is 39.1 Å². The first-order chi connectivity index (χ1) is 29.4. The van der Waals surface area contributed by atoms with E-state index in [9.17, 15) is 39.6 Å². The molecular weight excluding hydrogens is 796 g/mol. The van der Waals surface area contributed by atoms with E-state index in [4.69, 9.17) is 39.6 Å². The number of hydrogen-bond acceptors (Lipinski definition) is 14. The fraction of sp³-hybridized carbons (Fsp3) is 0.409. The van der Waals surface area contributed by atoms with Gasteiger partial charge in [0.05, 0.1) is 25.5 Å². The largest absolute Gasteiger partial charge is 0.497 e. The molecule has 6 rings (SSSR count).